The van der Waals surface area contributed by atoms with Crippen LogP contribution in [0.2, 0.25) is 0 Å². The minimum absolute atomic E-state index is 0.0457. The highest BCUT2D eigenvalue weighted by Crippen LogP contribution is 2.33. The molecule has 0 aliphatic carbocycles. The first-order valence-corrected chi connectivity index (χ1v) is 10.0. The predicted molar refractivity (Wildman–Crippen MR) is 109 cm³/mol. The maximum absolute atomic E-state index is 14.0. The van der Waals surface area contributed by atoms with Crippen molar-refractivity contribution >= 4 is 38.3 Å². The summed E-state index contributed by atoms with van der Waals surface area (Å²) in [5.41, 5.74) is 3.46. The van der Waals surface area contributed by atoms with Gasteiger partial charge in [0.15, 0.2) is 5.13 Å². The van der Waals surface area contributed by atoms with Crippen LogP contribution in [0.25, 0.3) is 10.2 Å². The highest BCUT2D eigenvalue weighted by Gasteiger charge is 2.28. The summed E-state index contributed by atoms with van der Waals surface area (Å²) in [5, 5.41) is 3.90. The van der Waals surface area contributed by atoms with Crippen molar-refractivity contribution in [2.75, 3.05) is 23.3 Å². The third-order valence-electron chi connectivity index (χ3n) is 5.15. The number of piperidine rings is 1. The molecule has 1 saturated heterocycles. The summed E-state index contributed by atoms with van der Waals surface area (Å²) < 4.78 is 14.8. The number of para-hydroxylation sites is 2. The molecule has 1 aliphatic rings. The standard InChI is InChI=1S/C21H22FN3OS/c1-13-6-3-7-14(2)18(13)23-20(26)15-8-5-11-25(12-15)21-24-19-16(22)9-4-10-17(19)27-21/h3-4,6-7,9-10,15H,5,8,11-12H2,1-2H3,(H,23,26). The molecule has 4 rings (SSSR count). The average Bonchev–Trinajstić information content (AvgIpc) is 3.11. The predicted octanol–water partition coefficient (Wildman–Crippen LogP) is 4.91. The van der Waals surface area contributed by atoms with Crippen molar-refractivity contribution in [1.82, 2.24) is 4.98 Å². The number of nitrogens with zero attached hydrogens (tertiary/aromatic N) is 2. The molecule has 0 spiro atoms. The number of hydrogen-bond acceptors (Lipinski definition) is 4. The number of aryl methyl sites for hydroxylation is 2. The van der Waals surface area contributed by atoms with Gasteiger partial charge in [-0.15, -0.1) is 0 Å². The fourth-order valence-corrected chi connectivity index (χ4v) is 4.66. The van der Waals surface area contributed by atoms with Crippen molar-refractivity contribution in [3.63, 3.8) is 0 Å². The molecule has 1 aromatic heterocycles. The Hall–Kier alpha value is -2.47. The number of carbonyl (C=O) groups is 1. The van der Waals surface area contributed by atoms with Gasteiger partial charge in [-0.1, -0.05) is 35.6 Å². The zero-order valence-electron chi connectivity index (χ0n) is 15.5. The molecule has 3 aromatic rings. The normalized spacial score (nSPS) is 17.3. The van der Waals surface area contributed by atoms with Crippen LogP contribution in [0.5, 0.6) is 0 Å². The number of benzene rings is 2. The van der Waals surface area contributed by atoms with E-state index in [4.69, 9.17) is 0 Å². The molecule has 1 atom stereocenters. The van der Waals surface area contributed by atoms with Crippen LogP contribution in [0.1, 0.15) is 24.0 Å². The van der Waals surface area contributed by atoms with Crippen LogP contribution >= 0.6 is 11.3 Å². The number of hydrogen-bond donors (Lipinski definition) is 1. The van der Waals surface area contributed by atoms with Crippen LogP contribution in [-0.4, -0.2) is 24.0 Å². The van der Waals surface area contributed by atoms with E-state index in [9.17, 15) is 9.18 Å². The Morgan fingerprint density at radius 2 is 1.96 bits per heavy atom. The van der Waals surface area contributed by atoms with E-state index < -0.39 is 0 Å². The van der Waals surface area contributed by atoms with Crippen LogP contribution in [0.4, 0.5) is 15.2 Å². The molecular weight excluding hydrogens is 361 g/mol. The number of nitrogens with one attached hydrogen (secondary N) is 1. The van der Waals surface area contributed by atoms with E-state index in [1.165, 1.54) is 17.4 Å². The SMILES string of the molecule is Cc1cccc(C)c1NC(=O)C1CCCN(c2nc3c(F)cccc3s2)C1. The van der Waals surface area contributed by atoms with Crippen molar-refractivity contribution < 1.29 is 9.18 Å². The van der Waals surface area contributed by atoms with E-state index in [1.54, 1.807) is 6.07 Å². The Balaban J connectivity index is 1.52. The second-order valence-corrected chi connectivity index (χ2v) is 8.13. The second kappa shape index (κ2) is 7.27. The van der Waals surface area contributed by atoms with E-state index in [0.29, 0.717) is 12.1 Å². The molecule has 0 bridgehead atoms. The van der Waals surface area contributed by atoms with Gasteiger partial charge in [0.2, 0.25) is 5.91 Å². The fraction of sp³-hybridized carbons (Fsp3) is 0.333. The molecule has 0 radical (unpaired) electrons. The highest BCUT2D eigenvalue weighted by atomic mass is 32.1. The molecule has 27 heavy (non-hydrogen) atoms. The smallest absolute Gasteiger partial charge is 0.229 e. The summed E-state index contributed by atoms with van der Waals surface area (Å²) in [4.78, 5) is 19.5. The molecule has 1 N–H and O–H groups in total. The number of anilines is 2. The number of aromatic nitrogens is 1. The lowest BCUT2D eigenvalue weighted by molar-refractivity contribution is -0.120. The van der Waals surface area contributed by atoms with E-state index in [0.717, 1.165) is 46.0 Å². The Bertz CT molecular complexity index is 980. The molecule has 1 fully saturated rings. The second-order valence-electron chi connectivity index (χ2n) is 7.12. The fourth-order valence-electron chi connectivity index (χ4n) is 3.64. The molecule has 1 amide bonds. The minimum Gasteiger partial charge on any atom is -0.347 e. The Kier molecular flexibility index (Phi) is 4.83. The molecule has 140 valence electrons. The van der Waals surface area contributed by atoms with Gasteiger partial charge in [0.1, 0.15) is 11.3 Å². The maximum Gasteiger partial charge on any atom is 0.229 e. The van der Waals surface area contributed by atoms with Crippen LogP contribution in [0.15, 0.2) is 36.4 Å². The topological polar surface area (TPSA) is 45.2 Å². The van der Waals surface area contributed by atoms with Crippen molar-refractivity contribution in [2.24, 2.45) is 5.92 Å². The first-order valence-electron chi connectivity index (χ1n) is 9.20. The summed E-state index contributed by atoms with van der Waals surface area (Å²) in [6.45, 7) is 5.46. The van der Waals surface area contributed by atoms with Crippen LogP contribution in [0.3, 0.4) is 0 Å². The van der Waals surface area contributed by atoms with Gasteiger partial charge in [-0.2, -0.15) is 0 Å². The van der Waals surface area contributed by atoms with E-state index in [2.05, 4.69) is 15.2 Å². The van der Waals surface area contributed by atoms with Crippen LogP contribution < -0.4 is 10.2 Å². The van der Waals surface area contributed by atoms with E-state index in [-0.39, 0.29) is 17.6 Å². The Morgan fingerprint density at radius 3 is 2.70 bits per heavy atom. The van der Waals surface area contributed by atoms with Crippen LogP contribution in [-0.2, 0) is 4.79 Å². The summed E-state index contributed by atoms with van der Waals surface area (Å²) in [6, 6.07) is 11.0. The number of fused-ring (bicyclic) bond motifs is 1. The lowest BCUT2D eigenvalue weighted by Gasteiger charge is -2.32. The molecule has 1 unspecified atom stereocenters. The van der Waals surface area contributed by atoms with Crippen molar-refractivity contribution in [2.45, 2.75) is 26.7 Å². The molecule has 0 saturated carbocycles. The molecule has 4 nitrogen and oxygen atoms in total. The van der Waals surface area contributed by atoms with Gasteiger partial charge in [0, 0.05) is 18.8 Å². The molecule has 2 heterocycles. The largest absolute Gasteiger partial charge is 0.347 e. The quantitative estimate of drug-likeness (QED) is 0.699. The maximum atomic E-state index is 14.0. The average molecular weight is 383 g/mol. The highest BCUT2D eigenvalue weighted by molar-refractivity contribution is 7.22. The van der Waals surface area contributed by atoms with Gasteiger partial charge in [-0.3, -0.25) is 4.79 Å². The van der Waals surface area contributed by atoms with Gasteiger partial charge in [-0.05, 0) is 49.9 Å². The summed E-state index contributed by atoms with van der Waals surface area (Å²) in [7, 11) is 0. The van der Waals surface area contributed by atoms with E-state index >= 15 is 0 Å². The number of rotatable bonds is 3. The van der Waals surface area contributed by atoms with Gasteiger partial charge < -0.3 is 10.2 Å². The summed E-state index contributed by atoms with van der Waals surface area (Å²) >= 11 is 1.48. The molecule has 6 heteroatoms. The first kappa shape index (κ1) is 17.9. The number of thiazole rings is 1. The third kappa shape index (κ3) is 3.54. The zero-order valence-corrected chi connectivity index (χ0v) is 16.3. The number of amides is 1. The minimum atomic E-state index is -0.295. The lowest BCUT2D eigenvalue weighted by Crippen LogP contribution is -2.40. The van der Waals surface area contributed by atoms with Gasteiger partial charge in [0.25, 0.3) is 0 Å². The van der Waals surface area contributed by atoms with Gasteiger partial charge in [0.05, 0.1) is 10.6 Å². The van der Waals surface area contributed by atoms with Crippen molar-refractivity contribution in [3.05, 3.63) is 53.3 Å². The number of carbonyl (C=O) groups excluding carboxylic acids is 1. The zero-order chi connectivity index (χ0) is 19.0. The van der Waals surface area contributed by atoms with Crippen molar-refractivity contribution in [1.29, 1.82) is 0 Å². The summed E-state index contributed by atoms with van der Waals surface area (Å²) in [6.07, 6.45) is 1.77. The Morgan fingerprint density at radius 1 is 1.22 bits per heavy atom. The lowest BCUT2D eigenvalue weighted by atomic mass is 9.97. The van der Waals surface area contributed by atoms with Gasteiger partial charge in [-0.25, -0.2) is 9.37 Å². The molecule has 1 aliphatic heterocycles. The Labute approximate surface area is 162 Å². The van der Waals surface area contributed by atoms with Crippen LogP contribution in [0, 0.1) is 25.6 Å². The molecule has 2 aromatic carbocycles. The monoisotopic (exact) mass is 383 g/mol. The summed E-state index contributed by atoms with van der Waals surface area (Å²) in [5.74, 6) is -0.352. The van der Waals surface area contributed by atoms with Gasteiger partial charge >= 0.3 is 0 Å². The third-order valence-corrected chi connectivity index (χ3v) is 6.23. The number of halogens is 1. The van der Waals surface area contributed by atoms with Crippen molar-refractivity contribution in [3.8, 4) is 0 Å². The first-order chi connectivity index (χ1) is 13.0. The molecular formula is C21H22FN3OS. The van der Waals surface area contributed by atoms with E-state index in [1.807, 2.05) is 38.1 Å².